The molecule has 12 aliphatic rings. The van der Waals surface area contributed by atoms with Crippen LogP contribution in [0.4, 0.5) is 0 Å². The van der Waals surface area contributed by atoms with Crippen LogP contribution in [0.25, 0.3) is 0 Å². The highest BCUT2D eigenvalue weighted by atomic mass is 32.3. The highest BCUT2D eigenvalue weighted by molar-refractivity contribution is 7.79. The molecule has 6 bridgehead atoms. The molecule has 20 heteroatoms. The van der Waals surface area contributed by atoms with Crippen LogP contribution in [0.2, 0.25) is 0 Å². The maximum Gasteiger partial charge on any atom is 0.196 e. The van der Waals surface area contributed by atoms with Crippen molar-refractivity contribution in [3.05, 3.63) is 105 Å². The van der Waals surface area contributed by atoms with E-state index in [0.29, 0.717) is 54.2 Å². The second-order valence-corrected chi connectivity index (χ2v) is 23.4. The predicted molar refractivity (Wildman–Crippen MR) is 256 cm³/mol. The SMILES string of the molecule is CN1CC[C@]23c4c5ccc(CO)c4O[C@H]2C(=O)CC[C@@]3(O)[C@H]1C5.COc1ccc2c3c1O[C@H]1C(=O)C=C[C@@]4(O)[C@@H](C2)C([NH3+])CC[C@]314.C[NH+]1CC[C@]23c4c5ccc(CO)c4O[C@H]2C(=O)C=C[C@@]3(O)[C@H]1C5.O=S(=O)([O-])[O-]. The summed E-state index contributed by atoms with van der Waals surface area (Å²) >= 11 is 0. The Morgan fingerprint density at radius 2 is 1.28 bits per heavy atom. The lowest BCUT2D eigenvalue weighted by molar-refractivity contribution is -0.922. The van der Waals surface area contributed by atoms with Crippen molar-refractivity contribution in [1.29, 1.82) is 0 Å². The number of likely N-dealkylation sites (tertiary alicyclic amines) is 2. The molecule has 14 atom stereocenters. The Labute approximate surface area is 427 Å². The first-order chi connectivity index (χ1) is 35.1. The van der Waals surface area contributed by atoms with E-state index >= 15 is 0 Å². The summed E-state index contributed by atoms with van der Waals surface area (Å²) in [5.41, 5.74) is 7.06. The maximum absolute atomic E-state index is 12.6. The van der Waals surface area contributed by atoms with Gasteiger partial charge in [0.25, 0.3) is 0 Å². The van der Waals surface area contributed by atoms with Gasteiger partial charge in [0, 0.05) is 75.9 Å². The largest absolute Gasteiger partial charge is 0.759 e. The van der Waals surface area contributed by atoms with Crippen molar-refractivity contribution in [1.82, 2.24) is 4.90 Å². The molecular weight excluding hydrogens is 979 g/mol. The number of piperidine rings is 2. The van der Waals surface area contributed by atoms with Gasteiger partial charge in [-0.3, -0.25) is 22.8 Å². The molecule has 0 aromatic heterocycles. The summed E-state index contributed by atoms with van der Waals surface area (Å²) in [7, 11) is 0.606. The third-order valence-corrected chi connectivity index (χ3v) is 19.9. The number of nitrogens with one attached hydrogen (secondary N) is 1. The minimum absolute atomic E-state index is 0.0125. The fourth-order valence-corrected chi connectivity index (χ4v) is 16.7. The first kappa shape index (κ1) is 49.8. The van der Waals surface area contributed by atoms with Crippen molar-refractivity contribution in [2.75, 3.05) is 34.3 Å². The van der Waals surface area contributed by atoms with E-state index in [1.54, 1.807) is 19.3 Å². The van der Waals surface area contributed by atoms with Gasteiger partial charge in [-0.15, -0.1) is 0 Å². The number of Topliss-reactive ketones (excluding diaryl/α,β-unsaturated/α-hetero) is 1. The zero-order valence-electron chi connectivity index (χ0n) is 41.3. The monoisotopic (exact) mass is 1040 g/mol. The molecule has 2 saturated heterocycles. The lowest BCUT2D eigenvalue weighted by Crippen LogP contribution is -3.19. The van der Waals surface area contributed by atoms with Crippen molar-refractivity contribution in [2.45, 2.75) is 140 Å². The molecule has 9 N–H and O–H groups in total. The Morgan fingerprint density at radius 3 is 1.92 bits per heavy atom. The molecule has 5 heterocycles. The summed E-state index contributed by atoms with van der Waals surface area (Å²) in [5, 5.41) is 54.4. The van der Waals surface area contributed by atoms with Crippen LogP contribution in [0, 0.1) is 5.92 Å². The molecule has 19 nitrogen and oxygen atoms in total. The lowest BCUT2D eigenvalue weighted by atomic mass is 9.46. The molecule has 5 aliphatic heterocycles. The van der Waals surface area contributed by atoms with Crippen molar-refractivity contribution < 1.29 is 87.0 Å². The number of aliphatic hydroxyl groups is 5. The van der Waals surface area contributed by atoms with Crippen LogP contribution < -0.4 is 29.6 Å². The molecule has 3 aromatic rings. The summed E-state index contributed by atoms with van der Waals surface area (Å²) in [4.78, 5) is 41.3. The number of carbonyl (C=O) groups excluding carboxylic acids is 3. The molecule has 3 aromatic carbocycles. The van der Waals surface area contributed by atoms with Crippen LogP contribution in [0.5, 0.6) is 23.0 Å². The van der Waals surface area contributed by atoms with Gasteiger partial charge in [0.1, 0.15) is 28.7 Å². The minimum Gasteiger partial charge on any atom is -0.759 e. The molecule has 3 spiro atoms. The van der Waals surface area contributed by atoms with E-state index in [1.807, 2.05) is 30.3 Å². The van der Waals surface area contributed by atoms with Crippen LogP contribution in [-0.2, 0) is 73.5 Å². The third-order valence-electron chi connectivity index (χ3n) is 19.9. The van der Waals surface area contributed by atoms with E-state index in [0.717, 1.165) is 84.1 Å². The van der Waals surface area contributed by atoms with E-state index in [2.05, 4.69) is 30.8 Å². The Morgan fingerprint density at radius 1 is 0.743 bits per heavy atom. The zero-order chi connectivity index (χ0) is 52.4. The quantitative estimate of drug-likeness (QED) is 0.113. The first-order valence-electron chi connectivity index (χ1n) is 25.5. The zero-order valence-corrected chi connectivity index (χ0v) is 42.1. The van der Waals surface area contributed by atoms with Gasteiger partial charge >= 0.3 is 0 Å². The van der Waals surface area contributed by atoms with Crippen molar-refractivity contribution in [3.8, 4) is 23.0 Å². The van der Waals surface area contributed by atoms with Crippen LogP contribution in [0.1, 0.15) is 83.0 Å². The average molecular weight is 1040 g/mol. The lowest BCUT2D eigenvalue weighted by Gasteiger charge is -2.62. The maximum atomic E-state index is 12.6. The van der Waals surface area contributed by atoms with Gasteiger partial charge in [0.15, 0.2) is 47.2 Å². The molecule has 0 amide bonds. The number of aliphatic hydroxyl groups excluding tert-OH is 2. The first-order valence-corrected chi connectivity index (χ1v) is 26.8. The van der Waals surface area contributed by atoms with E-state index in [4.69, 9.17) is 36.5 Å². The highest BCUT2D eigenvalue weighted by Crippen LogP contribution is 2.67. The van der Waals surface area contributed by atoms with Gasteiger partial charge in [-0.1, -0.05) is 30.3 Å². The topological polar surface area (TPSA) is 305 Å². The molecule has 74 heavy (non-hydrogen) atoms. The number of benzene rings is 3. The fraction of sp³-hybridized carbons (Fsp3) is 0.537. The second kappa shape index (κ2) is 16.5. The molecular formula is C54H61N3O16S. The molecule has 4 fully saturated rings. The average Bonchev–Trinajstić information content (AvgIpc) is 4.07. The second-order valence-electron chi connectivity index (χ2n) is 22.6. The molecule has 7 aliphatic carbocycles. The van der Waals surface area contributed by atoms with Crippen LogP contribution >= 0.6 is 0 Å². The Balaban J connectivity index is 0.000000108. The van der Waals surface area contributed by atoms with E-state index in [9.17, 15) is 39.9 Å². The predicted octanol–water partition coefficient (Wildman–Crippen LogP) is -1.77. The summed E-state index contributed by atoms with van der Waals surface area (Å²) < 4.78 is 57.8. The van der Waals surface area contributed by atoms with Gasteiger partial charge in [-0.25, -0.2) is 0 Å². The van der Waals surface area contributed by atoms with Gasteiger partial charge in [-0.2, -0.15) is 0 Å². The smallest absolute Gasteiger partial charge is 0.196 e. The van der Waals surface area contributed by atoms with E-state index in [-0.39, 0.29) is 54.6 Å². The normalized spacial score (nSPS) is 39.7. The van der Waals surface area contributed by atoms with Crippen LogP contribution in [0.15, 0.2) is 60.7 Å². The highest BCUT2D eigenvalue weighted by Gasteiger charge is 2.76. The summed E-state index contributed by atoms with van der Waals surface area (Å²) in [5.74, 6) is 2.52. The number of nitrogens with zero attached hydrogens (tertiary/aromatic N) is 1. The Bertz CT molecular complexity index is 2990. The van der Waals surface area contributed by atoms with E-state index < -0.39 is 61.8 Å². The number of hydrogen-bond donors (Lipinski definition) is 7. The number of quaternary nitrogens is 2. The molecule has 394 valence electrons. The van der Waals surface area contributed by atoms with Crippen molar-refractivity contribution in [2.24, 2.45) is 5.92 Å². The fourth-order valence-electron chi connectivity index (χ4n) is 16.7. The number of likely N-dealkylation sites (N-methyl/N-ethyl adjacent to an activating group) is 2. The van der Waals surface area contributed by atoms with Crippen LogP contribution in [0.3, 0.4) is 0 Å². The van der Waals surface area contributed by atoms with Gasteiger partial charge in [0.05, 0.1) is 61.8 Å². The van der Waals surface area contributed by atoms with Gasteiger partial charge in [-0.05, 0) is 92.8 Å². The molecule has 15 rings (SSSR count). The number of ether oxygens (including phenoxy) is 4. The number of hydrogen-bond acceptors (Lipinski definition) is 17. The van der Waals surface area contributed by atoms with Crippen molar-refractivity contribution in [3.63, 3.8) is 0 Å². The van der Waals surface area contributed by atoms with Crippen molar-refractivity contribution >= 4 is 27.7 Å². The molecule has 0 radical (unpaired) electrons. The van der Waals surface area contributed by atoms with E-state index in [1.165, 1.54) is 17.1 Å². The number of carbonyl (C=O) groups is 3. The molecule has 2 unspecified atom stereocenters. The summed E-state index contributed by atoms with van der Waals surface area (Å²) in [6.45, 7) is 1.51. The molecule has 2 saturated carbocycles. The van der Waals surface area contributed by atoms with Crippen LogP contribution in [-0.4, -0.2) is 153 Å². The summed E-state index contributed by atoms with van der Waals surface area (Å²) in [6.07, 6.45) is 10.7. The Kier molecular flexibility index (Phi) is 11.1. The van der Waals surface area contributed by atoms with Gasteiger partial charge in [0.2, 0.25) is 0 Å². The number of methoxy groups -OCH3 is 1. The third kappa shape index (κ3) is 6.18. The number of rotatable bonds is 3. The number of ketones is 3. The summed E-state index contributed by atoms with van der Waals surface area (Å²) in [6, 6.07) is 12.0. The standard InChI is InChI=1S/C18H19NO4.C18H21NO4.C18H19NO4.H2O4S/c1-22-13-3-2-9-8-10-11(19)4-6-17-14(9)15(13)23-16(17)12(20)5-7-18(10,17)21;2*1-19-7-6-17-14-10-2-3-11(9-20)15(14)23-16(17)12(21)4-5-18(17,22)13(19)8-10;1-5(2,3)4/h2-3,5,7,10-11,16,21H,4,6,8,19H2,1H3;2-3,13,16,20,22H,4-9H2,1H3;2-5,13,16,20,22H,6-9H2,1H3;(H2,1,2,3,4)/t10-,11?,16-,17-,18+;2*13-,16+,17+,18-;/m011./s1. The Hall–Kier alpha value is -5.10. The minimum atomic E-state index is -5.17. The van der Waals surface area contributed by atoms with Gasteiger partial charge < -0.3 is 69.1 Å².